The Morgan fingerprint density at radius 2 is 1.82 bits per heavy atom. The Kier molecular flexibility index (Phi) is 4.10. The molecule has 1 radical (unpaired) electrons. The van der Waals surface area contributed by atoms with Gasteiger partial charge < -0.3 is 10.3 Å². The molecule has 0 saturated carbocycles. The molecule has 0 fully saturated rings. The molecule has 2 N–H and O–H groups in total. The minimum Gasteiger partial charge on any atom is -0.366 e. The summed E-state index contributed by atoms with van der Waals surface area (Å²) in [6, 6.07) is 15.6. The van der Waals surface area contributed by atoms with Crippen molar-refractivity contribution in [3.05, 3.63) is 83.2 Å². The van der Waals surface area contributed by atoms with Crippen LogP contribution in [0.1, 0.15) is 21.5 Å². The molecule has 3 nitrogen and oxygen atoms in total. The standard InChI is InChI=1S/C21H13F4N2O/c22-14-9-12(8-13(10-14)21(23,24)25)11-27-17-6-2-1-4-15(17)19-16(20(26)28)5-3-7-18(19)27/h1-3,5-10H,11H2,(H2,26,28). The second kappa shape index (κ2) is 6.37. The number of aromatic nitrogens is 1. The molecule has 1 heterocycles. The minimum absolute atomic E-state index is 0.0130. The number of alkyl halides is 3. The molecule has 0 bridgehead atoms. The van der Waals surface area contributed by atoms with E-state index < -0.39 is 23.5 Å². The maximum Gasteiger partial charge on any atom is 0.416 e. The fourth-order valence-electron chi connectivity index (χ4n) is 3.47. The number of nitrogens with zero attached hydrogens (tertiary/aromatic N) is 1. The molecule has 0 unspecified atom stereocenters. The van der Waals surface area contributed by atoms with Gasteiger partial charge in [0, 0.05) is 22.9 Å². The second-order valence-electron chi connectivity index (χ2n) is 6.43. The zero-order valence-corrected chi connectivity index (χ0v) is 14.3. The van der Waals surface area contributed by atoms with Crippen LogP contribution in [-0.4, -0.2) is 10.5 Å². The summed E-state index contributed by atoms with van der Waals surface area (Å²) in [6.45, 7) is -0.0130. The van der Waals surface area contributed by atoms with Gasteiger partial charge in [0.05, 0.1) is 16.6 Å². The van der Waals surface area contributed by atoms with Crippen LogP contribution >= 0.6 is 0 Å². The van der Waals surface area contributed by atoms with E-state index in [0.29, 0.717) is 33.4 Å². The number of carbonyl (C=O) groups is 1. The third-order valence-electron chi connectivity index (χ3n) is 4.60. The summed E-state index contributed by atoms with van der Waals surface area (Å²) in [7, 11) is 0. The van der Waals surface area contributed by atoms with Gasteiger partial charge in [-0.1, -0.05) is 18.2 Å². The van der Waals surface area contributed by atoms with E-state index in [0.717, 1.165) is 12.1 Å². The first-order valence-electron chi connectivity index (χ1n) is 8.34. The number of fused-ring (bicyclic) bond motifs is 3. The van der Waals surface area contributed by atoms with Crippen LogP contribution in [0.5, 0.6) is 0 Å². The zero-order valence-electron chi connectivity index (χ0n) is 14.3. The highest BCUT2D eigenvalue weighted by Crippen LogP contribution is 2.34. The van der Waals surface area contributed by atoms with Crippen LogP contribution in [0.4, 0.5) is 17.6 Å². The summed E-state index contributed by atoms with van der Waals surface area (Å²) >= 11 is 0. The number of benzene rings is 3. The average Bonchev–Trinajstić information content (AvgIpc) is 2.95. The highest BCUT2D eigenvalue weighted by molar-refractivity contribution is 6.17. The number of halogens is 4. The van der Waals surface area contributed by atoms with E-state index in [9.17, 15) is 22.4 Å². The molecule has 0 atom stereocenters. The smallest absolute Gasteiger partial charge is 0.366 e. The van der Waals surface area contributed by atoms with Crippen molar-refractivity contribution in [3.63, 3.8) is 0 Å². The van der Waals surface area contributed by atoms with Crippen molar-refractivity contribution in [1.82, 2.24) is 4.57 Å². The average molecular weight is 385 g/mol. The molecule has 0 aliphatic heterocycles. The second-order valence-corrected chi connectivity index (χ2v) is 6.43. The van der Waals surface area contributed by atoms with E-state index in [1.807, 2.05) is 0 Å². The Hall–Kier alpha value is -3.35. The Balaban J connectivity index is 1.96. The molecular formula is C21H13F4N2O. The normalized spacial score (nSPS) is 12.0. The van der Waals surface area contributed by atoms with Crippen molar-refractivity contribution in [3.8, 4) is 0 Å². The predicted octanol–water partition coefficient (Wildman–Crippen LogP) is 4.90. The van der Waals surface area contributed by atoms with Gasteiger partial charge in [-0.3, -0.25) is 4.79 Å². The number of nitrogens with two attached hydrogens (primary N) is 1. The number of carbonyl (C=O) groups excluding carboxylic acids is 1. The van der Waals surface area contributed by atoms with Gasteiger partial charge in [-0.25, -0.2) is 4.39 Å². The molecule has 0 spiro atoms. The number of primary amides is 1. The molecule has 4 rings (SSSR count). The van der Waals surface area contributed by atoms with E-state index in [4.69, 9.17) is 5.73 Å². The van der Waals surface area contributed by atoms with Gasteiger partial charge in [0.25, 0.3) is 0 Å². The number of amides is 1. The van der Waals surface area contributed by atoms with Gasteiger partial charge in [0.1, 0.15) is 5.82 Å². The molecule has 1 aromatic heterocycles. The van der Waals surface area contributed by atoms with Crippen molar-refractivity contribution < 1.29 is 22.4 Å². The molecule has 3 aromatic carbocycles. The van der Waals surface area contributed by atoms with Gasteiger partial charge in [-0.2, -0.15) is 13.2 Å². The minimum atomic E-state index is -4.65. The number of rotatable bonds is 3. The van der Waals surface area contributed by atoms with Crippen molar-refractivity contribution >= 4 is 27.7 Å². The fraction of sp³-hybridized carbons (Fsp3) is 0.0952. The first kappa shape index (κ1) is 18.0. The van der Waals surface area contributed by atoms with E-state index in [1.165, 1.54) is 0 Å². The highest BCUT2D eigenvalue weighted by atomic mass is 19.4. The van der Waals surface area contributed by atoms with Crippen LogP contribution in [0, 0.1) is 11.9 Å². The van der Waals surface area contributed by atoms with Crippen LogP contribution < -0.4 is 5.73 Å². The molecule has 4 aromatic rings. The first-order chi connectivity index (χ1) is 13.3. The van der Waals surface area contributed by atoms with Gasteiger partial charge in [0.15, 0.2) is 0 Å². The monoisotopic (exact) mass is 385 g/mol. The summed E-state index contributed by atoms with van der Waals surface area (Å²) in [5.74, 6) is -1.58. The largest absolute Gasteiger partial charge is 0.416 e. The van der Waals surface area contributed by atoms with Gasteiger partial charge in [-0.05, 0) is 48.0 Å². The maximum absolute atomic E-state index is 13.8. The Morgan fingerprint density at radius 3 is 2.54 bits per heavy atom. The Labute approximate surface area is 157 Å². The SMILES string of the molecule is NC(=O)c1cccc2c1c1[c]cccc1n2Cc1cc(F)cc(C(F)(F)F)c1. The lowest BCUT2D eigenvalue weighted by Gasteiger charge is -2.12. The van der Waals surface area contributed by atoms with Crippen LogP contribution in [0.2, 0.25) is 0 Å². The molecule has 1 amide bonds. The summed E-state index contributed by atoms with van der Waals surface area (Å²) < 4.78 is 54.7. The molecule has 0 saturated heterocycles. The first-order valence-corrected chi connectivity index (χ1v) is 8.34. The van der Waals surface area contributed by atoms with Crippen LogP contribution in [0.15, 0.2) is 54.6 Å². The summed E-state index contributed by atoms with van der Waals surface area (Å²) in [4.78, 5) is 11.9. The predicted molar refractivity (Wildman–Crippen MR) is 97.3 cm³/mol. The third kappa shape index (κ3) is 2.98. The Bertz CT molecular complexity index is 1220. The lowest BCUT2D eigenvalue weighted by atomic mass is 10.1. The van der Waals surface area contributed by atoms with Gasteiger partial charge in [0.2, 0.25) is 5.91 Å². The summed E-state index contributed by atoms with van der Waals surface area (Å²) in [5.41, 5.74) is 6.14. The van der Waals surface area contributed by atoms with Gasteiger partial charge in [-0.15, -0.1) is 0 Å². The topological polar surface area (TPSA) is 48.0 Å². The zero-order chi connectivity index (χ0) is 20.1. The van der Waals surface area contributed by atoms with Crippen LogP contribution in [0.3, 0.4) is 0 Å². The maximum atomic E-state index is 13.8. The summed E-state index contributed by atoms with van der Waals surface area (Å²) in [6.07, 6.45) is -4.65. The van der Waals surface area contributed by atoms with Crippen molar-refractivity contribution in [2.45, 2.75) is 12.7 Å². The van der Waals surface area contributed by atoms with E-state index >= 15 is 0 Å². The summed E-state index contributed by atoms with van der Waals surface area (Å²) in [5, 5.41) is 1.19. The van der Waals surface area contributed by atoms with Gasteiger partial charge >= 0.3 is 6.18 Å². The van der Waals surface area contributed by atoms with Crippen LogP contribution in [0.25, 0.3) is 21.8 Å². The lowest BCUT2D eigenvalue weighted by molar-refractivity contribution is -0.137. The molecule has 28 heavy (non-hydrogen) atoms. The number of hydrogen-bond acceptors (Lipinski definition) is 1. The molecule has 0 aliphatic rings. The van der Waals surface area contributed by atoms with Crippen LogP contribution in [-0.2, 0) is 12.7 Å². The van der Waals surface area contributed by atoms with Crippen molar-refractivity contribution in [1.29, 1.82) is 0 Å². The van der Waals surface area contributed by atoms with E-state index in [1.54, 1.807) is 41.0 Å². The molecule has 141 valence electrons. The molecule has 7 heteroatoms. The van der Waals surface area contributed by atoms with E-state index in [2.05, 4.69) is 6.07 Å². The fourth-order valence-corrected chi connectivity index (χ4v) is 3.47. The third-order valence-corrected chi connectivity index (χ3v) is 4.60. The molecule has 0 aliphatic carbocycles. The molecular weight excluding hydrogens is 372 g/mol. The lowest BCUT2D eigenvalue weighted by Crippen LogP contribution is -2.11. The number of hydrogen-bond donors (Lipinski definition) is 1. The quantitative estimate of drug-likeness (QED) is 0.501. The van der Waals surface area contributed by atoms with E-state index in [-0.39, 0.29) is 12.1 Å². The van der Waals surface area contributed by atoms with Crippen molar-refractivity contribution in [2.24, 2.45) is 5.73 Å². The van der Waals surface area contributed by atoms with Crippen molar-refractivity contribution in [2.75, 3.05) is 0 Å². The highest BCUT2D eigenvalue weighted by Gasteiger charge is 2.31. The Morgan fingerprint density at radius 1 is 1.07 bits per heavy atom.